The number of amides is 1. The summed E-state index contributed by atoms with van der Waals surface area (Å²) in [7, 11) is 0. The topological polar surface area (TPSA) is 32.3 Å². The van der Waals surface area contributed by atoms with Gasteiger partial charge in [-0.15, -0.1) is 0 Å². The van der Waals surface area contributed by atoms with E-state index in [4.69, 9.17) is 0 Å². The molecule has 4 rings (SSSR count). The van der Waals surface area contributed by atoms with Gasteiger partial charge in [-0.05, 0) is 31.7 Å². The van der Waals surface area contributed by atoms with Gasteiger partial charge in [0.2, 0.25) is 0 Å². The minimum absolute atomic E-state index is 0.145. The molecule has 0 radical (unpaired) electrons. The normalized spacial score (nSPS) is 32.8. The fourth-order valence-electron chi connectivity index (χ4n) is 3.93. The average Bonchev–Trinajstić information content (AvgIpc) is 2.89. The first-order valence-electron chi connectivity index (χ1n) is 7.12. The van der Waals surface area contributed by atoms with E-state index in [1.165, 1.54) is 12.8 Å². The van der Waals surface area contributed by atoms with Gasteiger partial charge in [-0.25, -0.2) is 0 Å². The first-order valence-corrected chi connectivity index (χ1v) is 7.12. The highest BCUT2D eigenvalue weighted by atomic mass is 16.2. The van der Waals surface area contributed by atoms with Crippen molar-refractivity contribution in [3.8, 4) is 0 Å². The molecule has 0 spiro atoms. The first-order chi connectivity index (χ1) is 9.24. The third kappa shape index (κ3) is 1.58. The summed E-state index contributed by atoms with van der Waals surface area (Å²) in [6, 6.07) is 9.34. The maximum Gasteiger partial charge on any atom is 0.259 e. The summed E-state index contributed by atoms with van der Waals surface area (Å²) in [5, 5.41) is 3.63. The number of piperidine rings is 1. The number of benzene rings is 1. The van der Waals surface area contributed by atoms with Gasteiger partial charge in [-0.2, -0.15) is 0 Å². The van der Waals surface area contributed by atoms with Crippen LogP contribution in [0.25, 0.3) is 5.70 Å². The number of nitrogens with one attached hydrogen (secondary N) is 1. The fourth-order valence-corrected chi connectivity index (χ4v) is 3.93. The van der Waals surface area contributed by atoms with Crippen LogP contribution in [0.3, 0.4) is 0 Å². The Hall–Kier alpha value is -1.61. The van der Waals surface area contributed by atoms with Crippen LogP contribution in [-0.2, 0) is 0 Å². The van der Waals surface area contributed by atoms with Crippen molar-refractivity contribution >= 4 is 11.6 Å². The molecule has 2 unspecified atom stereocenters. The lowest BCUT2D eigenvalue weighted by atomic mass is 9.98. The second-order valence-electron chi connectivity index (χ2n) is 5.93. The Balaban J connectivity index is 1.67. The maximum absolute atomic E-state index is 12.6. The molecule has 1 amide bonds. The van der Waals surface area contributed by atoms with E-state index in [1.807, 2.05) is 29.2 Å². The van der Waals surface area contributed by atoms with E-state index in [1.54, 1.807) is 0 Å². The van der Waals surface area contributed by atoms with E-state index in [0.29, 0.717) is 18.1 Å². The Bertz CT molecular complexity index is 519. The number of carbonyl (C=O) groups is 1. The van der Waals surface area contributed by atoms with Crippen molar-refractivity contribution in [2.75, 3.05) is 0 Å². The summed E-state index contributed by atoms with van der Waals surface area (Å²) in [6.45, 7) is 4.16. The smallest absolute Gasteiger partial charge is 0.259 e. The van der Waals surface area contributed by atoms with Gasteiger partial charge in [0.15, 0.2) is 0 Å². The second kappa shape index (κ2) is 3.94. The molecule has 19 heavy (non-hydrogen) atoms. The number of nitrogens with zero attached hydrogens (tertiary/aromatic N) is 1. The Kier molecular flexibility index (Phi) is 2.33. The van der Waals surface area contributed by atoms with Crippen LogP contribution in [0, 0.1) is 0 Å². The quantitative estimate of drug-likeness (QED) is 0.834. The van der Waals surface area contributed by atoms with Gasteiger partial charge in [0.25, 0.3) is 5.91 Å². The van der Waals surface area contributed by atoms with Crippen LogP contribution in [0.1, 0.15) is 41.6 Å². The van der Waals surface area contributed by atoms with Crippen molar-refractivity contribution in [1.29, 1.82) is 0 Å². The predicted octanol–water partition coefficient (Wildman–Crippen LogP) is 2.40. The highest BCUT2D eigenvalue weighted by molar-refractivity contribution is 6.09. The molecular weight excluding hydrogens is 236 g/mol. The van der Waals surface area contributed by atoms with E-state index < -0.39 is 0 Å². The van der Waals surface area contributed by atoms with E-state index in [-0.39, 0.29) is 5.91 Å². The fraction of sp³-hybridized carbons (Fsp3) is 0.438. The third-order valence-corrected chi connectivity index (χ3v) is 4.79. The highest BCUT2D eigenvalue weighted by Gasteiger charge is 2.42. The van der Waals surface area contributed by atoms with E-state index >= 15 is 0 Å². The van der Waals surface area contributed by atoms with Gasteiger partial charge in [0.05, 0.1) is 0 Å². The van der Waals surface area contributed by atoms with Gasteiger partial charge >= 0.3 is 0 Å². The molecule has 2 bridgehead atoms. The summed E-state index contributed by atoms with van der Waals surface area (Å²) < 4.78 is 0. The molecule has 3 nitrogen and oxygen atoms in total. The lowest BCUT2D eigenvalue weighted by molar-refractivity contribution is 0.0767. The molecule has 1 aromatic carbocycles. The molecule has 0 saturated carbocycles. The molecule has 1 aromatic rings. The molecule has 1 N–H and O–H groups in total. The van der Waals surface area contributed by atoms with Crippen molar-refractivity contribution in [2.24, 2.45) is 0 Å². The molecule has 3 aliphatic rings. The molecule has 3 heteroatoms. The zero-order chi connectivity index (χ0) is 13.0. The van der Waals surface area contributed by atoms with Crippen molar-refractivity contribution in [3.63, 3.8) is 0 Å². The lowest BCUT2D eigenvalue weighted by Crippen LogP contribution is -2.47. The van der Waals surface area contributed by atoms with E-state index in [9.17, 15) is 4.79 Å². The van der Waals surface area contributed by atoms with Gasteiger partial charge in [0.1, 0.15) is 0 Å². The number of hydrogen-bond acceptors (Lipinski definition) is 2. The number of rotatable bonds is 1. The van der Waals surface area contributed by atoms with E-state index in [0.717, 1.165) is 29.7 Å². The van der Waals surface area contributed by atoms with Crippen LogP contribution < -0.4 is 5.32 Å². The zero-order valence-electron chi connectivity index (χ0n) is 10.9. The van der Waals surface area contributed by atoms with Crippen molar-refractivity contribution < 1.29 is 4.79 Å². The molecule has 3 aliphatic heterocycles. The molecule has 0 aliphatic carbocycles. The monoisotopic (exact) mass is 254 g/mol. The maximum atomic E-state index is 12.6. The Morgan fingerprint density at radius 1 is 1.11 bits per heavy atom. The average molecular weight is 254 g/mol. The summed E-state index contributed by atoms with van der Waals surface area (Å²) in [4.78, 5) is 14.5. The standard InChI is InChI=1S/C16H18N2O/c1-10-14-4-2-3-5-15(14)16(19)18(10)13-8-11-6-7-12(9-13)17-11/h2-5,11-13,17H,1,6-9H2. The molecule has 2 atom stereocenters. The van der Waals surface area contributed by atoms with Crippen molar-refractivity contribution in [3.05, 3.63) is 42.0 Å². The van der Waals surface area contributed by atoms with Crippen LogP contribution in [0.2, 0.25) is 0 Å². The summed E-state index contributed by atoms with van der Waals surface area (Å²) >= 11 is 0. The highest BCUT2D eigenvalue weighted by Crippen LogP contribution is 2.38. The minimum Gasteiger partial charge on any atom is -0.311 e. The summed E-state index contributed by atoms with van der Waals surface area (Å²) in [6.07, 6.45) is 4.63. The number of carbonyl (C=O) groups excluding carboxylic acids is 1. The van der Waals surface area contributed by atoms with Crippen LogP contribution in [0.4, 0.5) is 0 Å². The largest absolute Gasteiger partial charge is 0.311 e. The second-order valence-corrected chi connectivity index (χ2v) is 5.93. The Labute approximate surface area is 113 Å². The lowest BCUT2D eigenvalue weighted by Gasteiger charge is -2.36. The number of hydrogen-bond donors (Lipinski definition) is 1. The zero-order valence-corrected chi connectivity index (χ0v) is 10.9. The Morgan fingerprint density at radius 3 is 2.37 bits per heavy atom. The van der Waals surface area contributed by atoms with Gasteiger partial charge in [0, 0.05) is 34.9 Å². The van der Waals surface area contributed by atoms with Gasteiger partial charge in [-0.1, -0.05) is 24.8 Å². The summed E-state index contributed by atoms with van der Waals surface area (Å²) in [5.41, 5.74) is 2.73. The third-order valence-electron chi connectivity index (χ3n) is 4.79. The molecule has 3 heterocycles. The van der Waals surface area contributed by atoms with Crippen LogP contribution in [0.15, 0.2) is 30.8 Å². The SMILES string of the molecule is C=C1c2ccccc2C(=O)N1C1CC2CCC(C1)N2. The van der Waals surface area contributed by atoms with Crippen LogP contribution in [-0.4, -0.2) is 28.9 Å². The van der Waals surface area contributed by atoms with Crippen molar-refractivity contribution in [1.82, 2.24) is 10.2 Å². The van der Waals surface area contributed by atoms with Crippen LogP contribution >= 0.6 is 0 Å². The number of fused-ring (bicyclic) bond motifs is 3. The van der Waals surface area contributed by atoms with E-state index in [2.05, 4.69) is 11.9 Å². The van der Waals surface area contributed by atoms with Gasteiger partial charge in [-0.3, -0.25) is 4.79 Å². The molecule has 2 saturated heterocycles. The molecule has 98 valence electrons. The molecule has 2 fully saturated rings. The summed E-state index contributed by atoms with van der Waals surface area (Å²) in [5.74, 6) is 0.145. The predicted molar refractivity (Wildman–Crippen MR) is 74.6 cm³/mol. The Morgan fingerprint density at radius 2 is 1.74 bits per heavy atom. The van der Waals surface area contributed by atoms with Crippen molar-refractivity contribution in [2.45, 2.75) is 43.8 Å². The first kappa shape index (κ1) is 11.2. The molecule has 0 aromatic heterocycles. The minimum atomic E-state index is 0.145. The molecular formula is C16H18N2O. The van der Waals surface area contributed by atoms with Crippen LogP contribution in [0.5, 0.6) is 0 Å². The van der Waals surface area contributed by atoms with Gasteiger partial charge < -0.3 is 10.2 Å².